The summed E-state index contributed by atoms with van der Waals surface area (Å²) >= 11 is 6.16. The van der Waals surface area contributed by atoms with Crippen molar-refractivity contribution in [3.05, 3.63) is 70.2 Å². The SMILES string of the molecule is NCc1ccc(Cl)cc1CCC(=O)[C@@H]1C[C@H](N)CN1C(=O)[C@@H](CC(=O)N1CCCCC1)CS(=O)(=O)Cc1ccccc1. The van der Waals surface area contributed by atoms with Gasteiger partial charge in [-0.25, -0.2) is 8.42 Å². The number of carbonyl (C=O) groups is 3. The molecule has 4 rings (SSSR count). The molecule has 9 nitrogen and oxygen atoms in total. The van der Waals surface area contributed by atoms with Crippen LogP contribution in [0.1, 0.15) is 55.2 Å². The Labute approximate surface area is 253 Å². The Morgan fingerprint density at radius 1 is 1.00 bits per heavy atom. The number of nitrogens with two attached hydrogens (primary N) is 2. The number of amides is 2. The van der Waals surface area contributed by atoms with Crippen molar-refractivity contribution in [1.82, 2.24) is 9.80 Å². The number of aryl methyl sites for hydroxylation is 1. The number of hydrogen-bond acceptors (Lipinski definition) is 7. The first kappa shape index (κ1) is 32.1. The Bertz CT molecular complexity index is 1360. The van der Waals surface area contributed by atoms with Gasteiger partial charge >= 0.3 is 0 Å². The second-order valence-electron chi connectivity index (χ2n) is 11.5. The van der Waals surface area contributed by atoms with Crippen molar-refractivity contribution in [2.75, 3.05) is 25.4 Å². The summed E-state index contributed by atoms with van der Waals surface area (Å²) < 4.78 is 26.6. The van der Waals surface area contributed by atoms with E-state index in [9.17, 15) is 22.8 Å². The lowest BCUT2D eigenvalue weighted by atomic mass is 9.97. The first-order valence-electron chi connectivity index (χ1n) is 14.6. The maximum Gasteiger partial charge on any atom is 0.227 e. The minimum atomic E-state index is -3.75. The van der Waals surface area contributed by atoms with Crippen molar-refractivity contribution in [1.29, 1.82) is 0 Å². The fraction of sp³-hybridized carbons (Fsp3) is 0.516. The van der Waals surface area contributed by atoms with Crippen molar-refractivity contribution in [2.45, 2.75) is 69.3 Å². The molecule has 228 valence electrons. The van der Waals surface area contributed by atoms with E-state index in [0.717, 1.165) is 30.4 Å². The number of carbonyl (C=O) groups excluding carboxylic acids is 3. The van der Waals surface area contributed by atoms with E-state index >= 15 is 0 Å². The summed E-state index contributed by atoms with van der Waals surface area (Å²) in [5, 5.41) is 0.548. The lowest BCUT2D eigenvalue weighted by molar-refractivity contribution is -0.143. The molecule has 0 saturated carbocycles. The minimum absolute atomic E-state index is 0.133. The summed E-state index contributed by atoms with van der Waals surface area (Å²) in [7, 11) is -3.75. The van der Waals surface area contributed by atoms with E-state index < -0.39 is 39.5 Å². The molecule has 3 atom stereocenters. The van der Waals surface area contributed by atoms with Gasteiger partial charge in [0.05, 0.1) is 23.5 Å². The van der Waals surface area contributed by atoms with Gasteiger partial charge in [-0.1, -0.05) is 48.0 Å². The fourth-order valence-electron chi connectivity index (χ4n) is 6.00. The van der Waals surface area contributed by atoms with E-state index in [0.29, 0.717) is 36.6 Å². The molecule has 0 spiro atoms. The summed E-state index contributed by atoms with van der Waals surface area (Å²) in [5.41, 5.74) is 14.5. The average molecular weight is 617 g/mol. The number of hydrogen-bond donors (Lipinski definition) is 2. The number of piperidine rings is 1. The van der Waals surface area contributed by atoms with Crippen molar-refractivity contribution < 1.29 is 22.8 Å². The number of halogens is 1. The van der Waals surface area contributed by atoms with Gasteiger partial charge in [0.15, 0.2) is 15.6 Å². The highest BCUT2D eigenvalue weighted by atomic mass is 35.5. The Morgan fingerprint density at radius 3 is 2.40 bits per heavy atom. The zero-order chi connectivity index (χ0) is 30.3. The van der Waals surface area contributed by atoms with Gasteiger partial charge in [-0.05, 0) is 60.9 Å². The molecule has 2 aromatic carbocycles. The van der Waals surface area contributed by atoms with E-state index in [1.165, 1.54) is 4.90 Å². The predicted octanol–water partition coefficient (Wildman–Crippen LogP) is 2.86. The van der Waals surface area contributed by atoms with Crippen LogP contribution in [0.2, 0.25) is 5.02 Å². The number of ketones is 1. The number of rotatable bonds is 12. The Hall–Kier alpha value is -2.79. The van der Waals surface area contributed by atoms with Gasteiger partial charge < -0.3 is 21.3 Å². The number of Topliss-reactive ketones (excluding diaryl/α,β-unsaturated/α-hetero) is 1. The van der Waals surface area contributed by atoms with Gasteiger partial charge in [-0.3, -0.25) is 14.4 Å². The van der Waals surface area contributed by atoms with Crippen LogP contribution in [0.4, 0.5) is 0 Å². The first-order valence-corrected chi connectivity index (χ1v) is 16.8. The summed E-state index contributed by atoms with van der Waals surface area (Å²) in [4.78, 5) is 43.9. The molecule has 11 heteroatoms. The van der Waals surface area contributed by atoms with Gasteiger partial charge in [0, 0.05) is 50.1 Å². The van der Waals surface area contributed by atoms with Crippen LogP contribution in [0.5, 0.6) is 0 Å². The van der Waals surface area contributed by atoms with Crippen LogP contribution in [0.3, 0.4) is 0 Å². The third-order valence-corrected chi connectivity index (χ3v) is 10.1. The van der Waals surface area contributed by atoms with E-state index in [4.69, 9.17) is 23.1 Å². The summed E-state index contributed by atoms with van der Waals surface area (Å²) in [6, 6.07) is 12.9. The molecule has 0 bridgehead atoms. The normalized spacial score (nSPS) is 20.0. The number of nitrogens with zero attached hydrogens (tertiary/aromatic N) is 2. The number of benzene rings is 2. The van der Waals surface area contributed by atoms with E-state index in [1.54, 1.807) is 47.4 Å². The molecule has 2 heterocycles. The molecular weight excluding hydrogens is 576 g/mol. The molecule has 42 heavy (non-hydrogen) atoms. The van der Waals surface area contributed by atoms with Crippen LogP contribution in [0.25, 0.3) is 0 Å². The predicted molar refractivity (Wildman–Crippen MR) is 163 cm³/mol. The van der Waals surface area contributed by atoms with Gasteiger partial charge in [0.1, 0.15) is 0 Å². The van der Waals surface area contributed by atoms with Crippen molar-refractivity contribution in [2.24, 2.45) is 17.4 Å². The molecule has 2 amide bonds. The molecule has 0 aromatic heterocycles. The second-order valence-corrected chi connectivity index (χ2v) is 14.0. The third kappa shape index (κ3) is 8.63. The van der Waals surface area contributed by atoms with Crippen LogP contribution in [-0.2, 0) is 42.9 Å². The van der Waals surface area contributed by atoms with Crippen LogP contribution < -0.4 is 11.5 Å². The Morgan fingerprint density at radius 2 is 1.71 bits per heavy atom. The highest BCUT2D eigenvalue weighted by Gasteiger charge is 2.42. The largest absolute Gasteiger partial charge is 0.343 e. The van der Waals surface area contributed by atoms with Crippen molar-refractivity contribution in [3.8, 4) is 0 Å². The van der Waals surface area contributed by atoms with E-state index in [2.05, 4.69) is 0 Å². The van der Waals surface area contributed by atoms with Gasteiger partial charge in [0.2, 0.25) is 11.8 Å². The molecule has 2 fully saturated rings. The summed E-state index contributed by atoms with van der Waals surface area (Å²) in [6.07, 6.45) is 3.42. The van der Waals surface area contributed by atoms with Crippen molar-refractivity contribution >= 4 is 39.0 Å². The third-order valence-electron chi connectivity index (χ3n) is 8.18. The molecule has 0 radical (unpaired) electrons. The van der Waals surface area contributed by atoms with Gasteiger partial charge in [-0.2, -0.15) is 0 Å². The quantitative estimate of drug-likeness (QED) is 0.373. The molecule has 2 aliphatic heterocycles. The Balaban J connectivity index is 1.52. The Kier molecular flexibility index (Phi) is 11.2. The maximum absolute atomic E-state index is 14.0. The number of sulfone groups is 1. The van der Waals surface area contributed by atoms with Crippen LogP contribution in [0, 0.1) is 5.92 Å². The monoisotopic (exact) mass is 616 g/mol. The average Bonchev–Trinajstić information content (AvgIpc) is 3.37. The number of likely N-dealkylation sites (tertiary alicyclic amines) is 2. The molecule has 2 aliphatic rings. The highest BCUT2D eigenvalue weighted by Crippen LogP contribution is 2.26. The molecule has 2 aromatic rings. The standard InChI is InChI=1S/C31H41ClN4O5S/c32-26-11-9-24(18-33)23(15-26)10-12-29(37)28-17-27(34)19-36(28)31(39)25(16-30(38)35-13-5-2-6-14-35)21-42(40,41)20-22-7-3-1-4-8-22/h1,3-4,7-9,11,15,25,27-28H,2,5-6,10,12-14,16-21,33-34H2/t25-,27-,28-/m0/s1. The maximum atomic E-state index is 14.0. The van der Waals surface area contributed by atoms with Crippen molar-refractivity contribution in [3.63, 3.8) is 0 Å². The second kappa shape index (κ2) is 14.6. The summed E-state index contributed by atoms with van der Waals surface area (Å²) in [5.74, 6) is -2.72. The van der Waals surface area contributed by atoms with E-state index in [-0.39, 0.29) is 43.3 Å². The molecule has 4 N–H and O–H groups in total. The lowest BCUT2D eigenvalue weighted by Gasteiger charge is -2.31. The fourth-order valence-corrected chi connectivity index (χ4v) is 7.88. The molecular formula is C31H41ClN4O5S. The highest BCUT2D eigenvalue weighted by molar-refractivity contribution is 7.90. The van der Waals surface area contributed by atoms with Crippen LogP contribution in [-0.4, -0.2) is 73.3 Å². The van der Waals surface area contributed by atoms with E-state index in [1.807, 2.05) is 6.07 Å². The summed E-state index contributed by atoms with van der Waals surface area (Å²) in [6.45, 7) is 1.64. The minimum Gasteiger partial charge on any atom is -0.343 e. The molecule has 2 saturated heterocycles. The van der Waals surface area contributed by atoms with Gasteiger partial charge in [0.25, 0.3) is 0 Å². The van der Waals surface area contributed by atoms with Gasteiger partial charge in [-0.15, -0.1) is 0 Å². The first-order chi connectivity index (χ1) is 20.1. The van der Waals surface area contributed by atoms with Crippen LogP contribution in [0.15, 0.2) is 48.5 Å². The smallest absolute Gasteiger partial charge is 0.227 e. The molecule has 0 unspecified atom stereocenters. The molecule has 0 aliphatic carbocycles. The topological polar surface area (TPSA) is 144 Å². The lowest BCUT2D eigenvalue weighted by Crippen LogP contribution is -2.47. The van der Waals surface area contributed by atoms with Crippen LogP contribution >= 0.6 is 11.6 Å². The zero-order valence-electron chi connectivity index (χ0n) is 23.9. The zero-order valence-corrected chi connectivity index (χ0v) is 25.5.